The van der Waals surface area contributed by atoms with E-state index < -0.39 is 53.6 Å². The molecule has 12 nitrogen and oxygen atoms in total. The van der Waals surface area contributed by atoms with Crippen molar-refractivity contribution in [2.75, 3.05) is 20.1 Å². The molecule has 1 fully saturated rings. The molecule has 1 unspecified atom stereocenters. The standard InChI is InChI=1S/C19H30N4O8/c1-10(21-2)14(24)8-22-13(4-6-17(28)29)18(30)11-7-15(25)23(9-11)19(31)12(20)3-5-16(26)27/h10-13,21-22H,3-9,20H2,1-2H3,(H,26,27)(H,28,29)/t10-,11?,12-,13-/m0/s1. The molecular weight excluding hydrogens is 412 g/mol. The number of carboxylic acid groups (broad SMARTS) is 2. The molecule has 1 rings (SSSR count). The van der Waals surface area contributed by atoms with Crippen molar-refractivity contribution in [3.8, 4) is 0 Å². The van der Waals surface area contributed by atoms with Gasteiger partial charge in [-0.05, 0) is 26.8 Å². The Morgan fingerprint density at radius 1 is 1.13 bits per heavy atom. The first kappa shape index (κ1) is 26.3. The molecule has 1 saturated heterocycles. The summed E-state index contributed by atoms with van der Waals surface area (Å²) < 4.78 is 0. The van der Waals surface area contributed by atoms with Crippen LogP contribution in [0.4, 0.5) is 0 Å². The van der Waals surface area contributed by atoms with Crippen molar-refractivity contribution in [1.82, 2.24) is 15.5 Å². The lowest BCUT2D eigenvalue weighted by molar-refractivity contribution is -0.143. The molecule has 6 N–H and O–H groups in total. The van der Waals surface area contributed by atoms with Crippen LogP contribution in [0.25, 0.3) is 0 Å². The number of nitrogens with zero attached hydrogens (tertiary/aromatic N) is 1. The molecule has 1 aliphatic rings. The second-order valence-corrected chi connectivity index (χ2v) is 7.53. The summed E-state index contributed by atoms with van der Waals surface area (Å²) in [5, 5.41) is 23.2. The summed E-state index contributed by atoms with van der Waals surface area (Å²) in [5.41, 5.74) is 5.68. The Morgan fingerprint density at radius 3 is 2.26 bits per heavy atom. The van der Waals surface area contributed by atoms with Crippen LogP contribution in [-0.2, 0) is 28.8 Å². The predicted molar refractivity (Wildman–Crippen MR) is 107 cm³/mol. The molecule has 0 spiro atoms. The maximum atomic E-state index is 12.9. The Labute approximate surface area is 179 Å². The minimum atomic E-state index is -1.18. The van der Waals surface area contributed by atoms with Gasteiger partial charge in [0.1, 0.15) is 0 Å². The number of nitrogens with two attached hydrogens (primary N) is 1. The van der Waals surface area contributed by atoms with Crippen LogP contribution < -0.4 is 16.4 Å². The molecule has 4 atom stereocenters. The largest absolute Gasteiger partial charge is 0.481 e. The number of likely N-dealkylation sites (tertiary alicyclic amines) is 1. The SMILES string of the molecule is CN[C@@H](C)C(=O)CN[C@@H](CCC(=O)O)C(=O)C1CC(=O)N(C(=O)[C@@H](N)CCC(=O)O)C1. The van der Waals surface area contributed by atoms with Crippen LogP contribution in [0.3, 0.4) is 0 Å². The number of carbonyl (C=O) groups excluding carboxylic acids is 4. The second-order valence-electron chi connectivity index (χ2n) is 7.53. The van der Waals surface area contributed by atoms with Crippen LogP contribution in [0.1, 0.15) is 39.0 Å². The highest BCUT2D eigenvalue weighted by molar-refractivity contribution is 6.03. The molecule has 0 aromatic heterocycles. The fourth-order valence-corrected chi connectivity index (χ4v) is 3.15. The Kier molecular flexibility index (Phi) is 10.4. The van der Waals surface area contributed by atoms with Crippen molar-refractivity contribution < 1.29 is 39.0 Å². The maximum Gasteiger partial charge on any atom is 0.303 e. The fraction of sp³-hybridized carbons (Fsp3) is 0.684. The summed E-state index contributed by atoms with van der Waals surface area (Å²) in [5.74, 6) is -5.16. The predicted octanol–water partition coefficient (Wildman–Crippen LogP) is -1.88. The van der Waals surface area contributed by atoms with E-state index in [0.717, 1.165) is 4.90 Å². The van der Waals surface area contributed by atoms with Gasteiger partial charge in [-0.25, -0.2) is 0 Å². The van der Waals surface area contributed by atoms with Gasteiger partial charge < -0.3 is 26.6 Å². The highest BCUT2D eigenvalue weighted by atomic mass is 16.4. The zero-order chi connectivity index (χ0) is 23.7. The lowest BCUT2D eigenvalue weighted by Crippen LogP contribution is -2.47. The molecule has 174 valence electrons. The zero-order valence-electron chi connectivity index (χ0n) is 17.6. The number of nitrogens with one attached hydrogen (secondary N) is 2. The summed E-state index contributed by atoms with van der Waals surface area (Å²) in [4.78, 5) is 72.0. The van der Waals surface area contributed by atoms with Gasteiger partial charge in [-0.15, -0.1) is 0 Å². The number of aliphatic carboxylic acids is 2. The average molecular weight is 442 g/mol. The first-order valence-corrected chi connectivity index (χ1v) is 9.98. The molecule has 0 aliphatic carbocycles. The number of hydrogen-bond acceptors (Lipinski definition) is 9. The Hall–Kier alpha value is -2.70. The van der Waals surface area contributed by atoms with E-state index in [2.05, 4.69) is 10.6 Å². The molecule has 1 heterocycles. The van der Waals surface area contributed by atoms with Crippen LogP contribution >= 0.6 is 0 Å². The summed E-state index contributed by atoms with van der Waals surface area (Å²) in [7, 11) is 1.60. The monoisotopic (exact) mass is 442 g/mol. The zero-order valence-corrected chi connectivity index (χ0v) is 17.6. The van der Waals surface area contributed by atoms with Crippen LogP contribution in [0.15, 0.2) is 0 Å². The van der Waals surface area contributed by atoms with Crippen LogP contribution in [-0.4, -0.2) is 88.7 Å². The number of imide groups is 1. The number of carboxylic acids is 2. The molecule has 0 bridgehead atoms. The van der Waals surface area contributed by atoms with Gasteiger partial charge in [0, 0.05) is 31.7 Å². The van der Waals surface area contributed by atoms with Crippen molar-refractivity contribution in [3.63, 3.8) is 0 Å². The lowest BCUT2D eigenvalue weighted by Gasteiger charge is -2.22. The van der Waals surface area contributed by atoms with E-state index in [4.69, 9.17) is 15.9 Å². The minimum absolute atomic E-state index is 0.0772. The van der Waals surface area contributed by atoms with Crippen molar-refractivity contribution in [1.29, 1.82) is 0 Å². The maximum absolute atomic E-state index is 12.9. The lowest BCUT2D eigenvalue weighted by atomic mass is 9.94. The van der Waals surface area contributed by atoms with Crippen molar-refractivity contribution >= 4 is 35.3 Å². The van der Waals surface area contributed by atoms with E-state index in [1.807, 2.05) is 0 Å². The molecule has 31 heavy (non-hydrogen) atoms. The van der Waals surface area contributed by atoms with Gasteiger partial charge in [0.25, 0.3) is 0 Å². The van der Waals surface area contributed by atoms with Crippen molar-refractivity contribution in [3.05, 3.63) is 0 Å². The summed E-state index contributed by atoms with van der Waals surface area (Å²) in [6.07, 6.45) is -1.13. The number of carbonyl (C=O) groups is 6. The van der Waals surface area contributed by atoms with Crippen molar-refractivity contribution in [2.24, 2.45) is 11.7 Å². The summed E-state index contributed by atoms with van der Waals surface area (Å²) in [6, 6.07) is -2.62. The third-order valence-corrected chi connectivity index (χ3v) is 5.21. The van der Waals surface area contributed by atoms with Gasteiger partial charge in [-0.3, -0.25) is 33.7 Å². The molecular formula is C19H30N4O8. The summed E-state index contributed by atoms with van der Waals surface area (Å²) in [6.45, 7) is 1.26. The van der Waals surface area contributed by atoms with E-state index in [9.17, 15) is 28.8 Å². The number of ketones is 2. The number of hydrogen-bond donors (Lipinski definition) is 5. The number of Topliss-reactive ketones (excluding diaryl/α,β-unsaturated/α-hetero) is 2. The van der Waals surface area contributed by atoms with E-state index in [-0.39, 0.29) is 51.0 Å². The third kappa shape index (κ3) is 8.15. The number of rotatable bonds is 14. The third-order valence-electron chi connectivity index (χ3n) is 5.21. The van der Waals surface area contributed by atoms with Crippen molar-refractivity contribution in [2.45, 2.75) is 57.2 Å². The second kappa shape index (κ2) is 12.2. The molecule has 1 aliphatic heterocycles. The minimum Gasteiger partial charge on any atom is -0.481 e. The topological polar surface area (TPSA) is 196 Å². The normalized spacial score (nSPS) is 19.0. The average Bonchev–Trinajstić information content (AvgIpc) is 3.11. The van der Waals surface area contributed by atoms with Gasteiger partial charge in [0.2, 0.25) is 11.8 Å². The highest BCUT2D eigenvalue weighted by Crippen LogP contribution is 2.22. The smallest absolute Gasteiger partial charge is 0.303 e. The van der Waals surface area contributed by atoms with Crippen LogP contribution in [0.2, 0.25) is 0 Å². The molecule has 2 amide bonds. The fourth-order valence-electron chi connectivity index (χ4n) is 3.15. The Morgan fingerprint density at radius 2 is 1.71 bits per heavy atom. The number of amides is 2. The molecule has 0 saturated carbocycles. The van der Waals surface area contributed by atoms with Crippen LogP contribution in [0, 0.1) is 5.92 Å². The van der Waals surface area contributed by atoms with Gasteiger partial charge in [0.15, 0.2) is 11.6 Å². The van der Waals surface area contributed by atoms with E-state index in [1.54, 1.807) is 14.0 Å². The van der Waals surface area contributed by atoms with E-state index >= 15 is 0 Å². The highest BCUT2D eigenvalue weighted by Gasteiger charge is 2.41. The van der Waals surface area contributed by atoms with Crippen LogP contribution in [0.5, 0.6) is 0 Å². The Balaban J connectivity index is 2.81. The number of likely N-dealkylation sites (N-methyl/N-ethyl adjacent to an activating group) is 1. The van der Waals surface area contributed by atoms with E-state index in [1.165, 1.54) is 0 Å². The molecule has 12 heteroatoms. The quantitative estimate of drug-likeness (QED) is 0.202. The van der Waals surface area contributed by atoms with Gasteiger partial charge in [-0.2, -0.15) is 0 Å². The Bertz CT molecular complexity index is 726. The van der Waals surface area contributed by atoms with Gasteiger partial charge >= 0.3 is 11.9 Å². The molecule has 0 aromatic rings. The summed E-state index contributed by atoms with van der Waals surface area (Å²) >= 11 is 0. The van der Waals surface area contributed by atoms with Gasteiger partial charge in [-0.1, -0.05) is 0 Å². The molecule has 0 aromatic carbocycles. The first-order valence-electron chi connectivity index (χ1n) is 9.98. The molecule has 0 radical (unpaired) electrons. The van der Waals surface area contributed by atoms with Gasteiger partial charge in [0.05, 0.1) is 24.7 Å². The first-order chi connectivity index (χ1) is 14.5. The van der Waals surface area contributed by atoms with E-state index in [0.29, 0.717) is 0 Å².